The molecule has 0 spiro atoms. The quantitative estimate of drug-likeness (QED) is 0.0143. The molecule has 0 aliphatic carbocycles. The summed E-state index contributed by atoms with van der Waals surface area (Å²) in [4.78, 5) is 62.5. The summed E-state index contributed by atoms with van der Waals surface area (Å²) in [6, 6.07) is -6.66. The van der Waals surface area contributed by atoms with Crippen molar-refractivity contribution in [2.45, 2.75) is 234 Å². The van der Waals surface area contributed by atoms with E-state index in [1.54, 1.807) is 0 Å². The Balaban J connectivity index is 1.54. The van der Waals surface area contributed by atoms with E-state index in [4.69, 9.17) is 37.9 Å². The number of allylic oxidation sites excluding steroid dienone is 2. The number of hydrogen-bond donors (Lipinski definition) is 13. The molecule has 4 rings (SSSR count). The minimum absolute atomic E-state index is 0.00649. The van der Waals surface area contributed by atoms with E-state index in [0.29, 0.717) is 6.42 Å². The lowest BCUT2D eigenvalue weighted by molar-refractivity contribution is -0.361. The SMILES string of the molecule is CCCCCC/C=C\CCCCCCCC(=O)NC1C(O[C@@H]2C(CO)OC(O[C@@H]3C(CO)OC(O[C@@H]4C(COS(=O)(=O)O)OC(O)C(NC(C)=O)C4O)C(NC(C)=O)C3O)C(NC(C)=O)C2O)OC(COC(C)=O)[C@@H](O)C1O. The first kappa shape index (κ1) is 66.9. The Morgan fingerprint density at radius 2 is 0.936 bits per heavy atom. The van der Waals surface area contributed by atoms with Gasteiger partial charge < -0.3 is 100 Å². The van der Waals surface area contributed by atoms with E-state index in [9.17, 15) is 77.8 Å². The molecule has 16 unspecified atom stereocenters. The molecular weight excluding hydrogens is 1060 g/mol. The minimum atomic E-state index is -5.16. The first-order valence-corrected chi connectivity index (χ1v) is 27.7. The summed E-state index contributed by atoms with van der Waals surface area (Å²) in [6.07, 6.45) is -13.9. The number of amides is 4. The number of unbranched alkanes of at least 4 members (excludes halogenated alkanes) is 9. The second kappa shape index (κ2) is 32.7. The number of esters is 1. The van der Waals surface area contributed by atoms with Crippen LogP contribution >= 0.6 is 0 Å². The monoisotopic (exact) mass is 1150 g/mol. The van der Waals surface area contributed by atoms with Gasteiger partial charge in [-0.1, -0.05) is 57.6 Å². The highest BCUT2D eigenvalue weighted by Crippen LogP contribution is 2.35. The molecule has 30 heteroatoms. The van der Waals surface area contributed by atoms with Gasteiger partial charge in [0.25, 0.3) is 0 Å². The lowest BCUT2D eigenvalue weighted by Crippen LogP contribution is -2.71. The molecule has 0 saturated carbocycles. The van der Waals surface area contributed by atoms with Crippen LogP contribution in [0.4, 0.5) is 0 Å². The zero-order valence-corrected chi connectivity index (χ0v) is 45.3. The average Bonchev–Trinajstić information content (AvgIpc) is 3.43. The van der Waals surface area contributed by atoms with Gasteiger partial charge in [-0.05, 0) is 32.1 Å². The Labute approximate surface area is 452 Å². The van der Waals surface area contributed by atoms with Crippen LogP contribution in [0.15, 0.2) is 12.2 Å². The van der Waals surface area contributed by atoms with Crippen LogP contribution in [0.2, 0.25) is 0 Å². The van der Waals surface area contributed by atoms with Crippen LogP contribution in [0.1, 0.15) is 112 Å². The normalized spacial score (nSPS) is 35.4. The molecule has 4 heterocycles. The molecule has 450 valence electrons. The Kier molecular flexibility index (Phi) is 28.0. The summed E-state index contributed by atoms with van der Waals surface area (Å²) < 4.78 is 83.3. The second-order valence-electron chi connectivity index (χ2n) is 19.7. The topological polar surface area (TPSA) is 433 Å². The molecule has 4 aliphatic rings. The second-order valence-corrected chi connectivity index (χ2v) is 20.8. The number of nitrogens with one attached hydrogen (secondary N) is 4. The number of ether oxygens (including phenoxy) is 8. The van der Waals surface area contributed by atoms with Gasteiger partial charge in [0, 0.05) is 34.1 Å². The van der Waals surface area contributed by atoms with E-state index in [0.717, 1.165) is 66.2 Å². The standard InChI is InChI=1S/C48H82N4O25S/c1-6-7-8-9-10-11-12-13-14-15-16-17-18-19-32(59)52-34-38(61)37(60)30(22-69-27(5)58)74-46(34)75-42-28(20-53)72-47(35(40(42)63)50-25(3)56)76-43-29(21-54)73-48(36(41(43)64)51-26(4)57)77-44-31(23-70-78(66,67)68)71-45(65)33(39(44)62)49-24(2)55/h11-12,28-31,33-48,53-54,60-65H,6-10,13-23H2,1-5H3,(H,49,55)(H,50,56)(H,51,57)(H,52,59)(H,66,67,68)/b12-11-/t28?,29?,30?,31?,33?,34?,35?,36?,37-,38?,39?,40?,41?,42-,43-,44-,45?,46?,47?,48?/m1/s1. The van der Waals surface area contributed by atoms with Crippen LogP contribution in [0.5, 0.6) is 0 Å². The summed E-state index contributed by atoms with van der Waals surface area (Å²) in [5, 5.41) is 99.5. The van der Waals surface area contributed by atoms with Crippen molar-refractivity contribution >= 4 is 40.0 Å². The predicted molar refractivity (Wildman–Crippen MR) is 265 cm³/mol. The maximum atomic E-state index is 13.4. The zero-order valence-electron chi connectivity index (χ0n) is 44.5. The first-order chi connectivity index (χ1) is 36.9. The van der Waals surface area contributed by atoms with Gasteiger partial charge in [0.2, 0.25) is 23.6 Å². The van der Waals surface area contributed by atoms with E-state index in [2.05, 4.69) is 44.5 Å². The van der Waals surface area contributed by atoms with Crippen molar-refractivity contribution in [2.24, 2.45) is 0 Å². The molecule has 0 bridgehead atoms. The van der Waals surface area contributed by atoms with Crippen LogP contribution < -0.4 is 21.3 Å². The van der Waals surface area contributed by atoms with Crippen LogP contribution in [-0.4, -0.2) is 232 Å². The van der Waals surface area contributed by atoms with Gasteiger partial charge in [-0.15, -0.1) is 0 Å². The molecule has 4 fully saturated rings. The van der Waals surface area contributed by atoms with Gasteiger partial charge in [-0.25, -0.2) is 4.18 Å². The molecule has 4 amide bonds. The fraction of sp³-hybridized carbons (Fsp3) is 0.854. The summed E-state index contributed by atoms with van der Waals surface area (Å²) in [7, 11) is -5.16. The summed E-state index contributed by atoms with van der Waals surface area (Å²) in [6.45, 7) is 2.66. The number of aliphatic hydroxyl groups excluding tert-OH is 8. The van der Waals surface area contributed by atoms with Crippen LogP contribution in [0.25, 0.3) is 0 Å². The summed E-state index contributed by atoms with van der Waals surface area (Å²) >= 11 is 0. The van der Waals surface area contributed by atoms with E-state index in [-0.39, 0.29) is 6.42 Å². The van der Waals surface area contributed by atoms with Crippen LogP contribution in [-0.2, 0) is 76.4 Å². The molecule has 4 saturated heterocycles. The molecule has 4 aliphatic heterocycles. The number of hydrogen-bond acceptors (Lipinski definition) is 24. The van der Waals surface area contributed by atoms with Crippen molar-refractivity contribution in [3.05, 3.63) is 12.2 Å². The maximum absolute atomic E-state index is 13.4. The highest BCUT2D eigenvalue weighted by Gasteiger charge is 2.56. The molecular formula is C48H82N4O25S. The Hall–Kier alpha value is -3.64. The average molecular weight is 1150 g/mol. The molecule has 0 aromatic heterocycles. The fourth-order valence-electron chi connectivity index (χ4n) is 9.52. The third-order valence-corrected chi connectivity index (χ3v) is 13.8. The Morgan fingerprint density at radius 3 is 1.40 bits per heavy atom. The van der Waals surface area contributed by atoms with E-state index in [1.165, 1.54) is 25.7 Å². The van der Waals surface area contributed by atoms with Crippen molar-refractivity contribution in [3.8, 4) is 0 Å². The van der Waals surface area contributed by atoms with Gasteiger partial charge in [0.15, 0.2) is 25.2 Å². The minimum Gasteiger partial charge on any atom is -0.463 e. The maximum Gasteiger partial charge on any atom is 0.397 e. The highest BCUT2D eigenvalue weighted by atomic mass is 32.3. The van der Waals surface area contributed by atoms with Gasteiger partial charge in [0.05, 0.1) is 19.8 Å². The van der Waals surface area contributed by atoms with Crippen molar-refractivity contribution in [2.75, 3.05) is 26.4 Å². The first-order valence-electron chi connectivity index (χ1n) is 26.3. The van der Waals surface area contributed by atoms with Crippen molar-refractivity contribution in [3.63, 3.8) is 0 Å². The predicted octanol–water partition coefficient (Wildman–Crippen LogP) is -3.54. The van der Waals surface area contributed by atoms with Crippen molar-refractivity contribution in [1.82, 2.24) is 21.3 Å². The molecule has 13 N–H and O–H groups in total. The van der Waals surface area contributed by atoms with Crippen LogP contribution in [0, 0.1) is 0 Å². The van der Waals surface area contributed by atoms with Gasteiger partial charge in [0.1, 0.15) is 104 Å². The summed E-state index contributed by atoms with van der Waals surface area (Å²) in [5.41, 5.74) is 0. The number of carbonyl (C=O) groups is 5. The van der Waals surface area contributed by atoms with Gasteiger partial charge in [-0.3, -0.25) is 28.5 Å². The largest absolute Gasteiger partial charge is 0.463 e. The van der Waals surface area contributed by atoms with Crippen molar-refractivity contribution < 1.29 is 120 Å². The zero-order chi connectivity index (χ0) is 57.9. The lowest BCUT2D eigenvalue weighted by atomic mass is 9.93. The van der Waals surface area contributed by atoms with E-state index < -0.39 is 189 Å². The molecule has 0 radical (unpaired) electrons. The molecule has 20 atom stereocenters. The Morgan fingerprint density at radius 1 is 0.513 bits per heavy atom. The number of aliphatic hydroxyl groups is 8. The van der Waals surface area contributed by atoms with Crippen LogP contribution in [0.3, 0.4) is 0 Å². The number of rotatable bonds is 30. The fourth-order valence-corrected chi connectivity index (χ4v) is 9.83. The van der Waals surface area contributed by atoms with Gasteiger partial charge >= 0.3 is 16.4 Å². The summed E-state index contributed by atoms with van der Waals surface area (Å²) in [5.74, 6) is -3.72. The van der Waals surface area contributed by atoms with E-state index >= 15 is 0 Å². The molecule has 0 aromatic rings. The van der Waals surface area contributed by atoms with Crippen molar-refractivity contribution in [1.29, 1.82) is 0 Å². The lowest BCUT2D eigenvalue weighted by Gasteiger charge is -2.51. The molecule has 0 aromatic carbocycles. The smallest absolute Gasteiger partial charge is 0.397 e. The number of carbonyl (C=O) groups excluding carboxylic acids is 5. The Bertz CT molecular complexity index is 2030. The third kappa shape index (κ3) is 20.4. The highest BCUT2D eigenvalue weighted by molar-refractivity contribution is 7.80. The third-order valence-electron chi connectivity index (χ3n) is 13.4. The molecule has 78 heavy (non-hydrogen) atoms. The van der Waals surface area contributed by atoms with E-state index in [1.807, 2.05) is 0 Å². The van der Waals surface area contributed by atoms with Gasteiger partial charge in [-0.2, -0.15) is 8.42 Å². The molecule has 29 nitrogen and oxygen atoms in total.